The topological polar surface area (TPSA) is 90.2 Å². The lowest BCUT2D eigenvalue weighted by atomic mass is 10.1. The van der Waals surface area contributed by atoms with E-state index in [0.29, 0.717) is 6.20 Å². The summed E-state index contributed by atoms with van der Waals surface area (Å²) in [5.74, 6) is -2.30. The van der Waals surface area contributed by atoms with Crippen LogP contribution in [0.4, 0.5) is 27.8 Å². The number of carbonyl (C=O) groups is 1. The first-order valence-corrected chi connectivity index (χ1v) is 11.0. The van der Waals surface area contributed by atoms with Crippen molar-refractivity contribution in [3.63, 3.8) is 0 Å². The second kappa shape index (κ2) is 6.56. The van der Waals surface area contributed by atoms with Crippen molar-refractivity contribution in [2.75, 3.05) is 10.7 Å². The molecule has 2 aliphatic rings. The molecule has 0 spiro atoms. The monoisotopic (exact) mass is 489 g/mol. The maximum absolute atomic E-state index is 13.3. The standard InChI is InChI=1S/C19H12F5N3O5S/c1-2-33(29,30)17-15(25-14-4-3-10(8-26(14)17)18(20,21)22)27-7-9-5-12-13(6-11(9)16(27)28)32-19(23,24)31-12/h3-6,8H,2,7H2,1H3. The molecule has 174 valence electrons. The third-order valence-corrected chi connectivity index (χ3v) is 6.97. The molecular weight excluding hydrogens is 477 g/mol. The summed E-state index contributed by atoms with van der Waals surface area (Å²) < 4.78 is 101. The Morgan fingerprint density at radius 3 is 2.45 bits per heavy atom. The van der Waals surface area contributed by atoms with E-state index in [9.17, 15) is 35.2 Å². The number of nitrogens with zero attached hydrogens (tertiary/aromatic N) is 3. The number of alkyl halides is 5. The van der Waals surface area contributed by atoms with Crippen LogP contribution in [0.5, 0.6) is 11.5 Å². The summed E-state index contributed by atoms with van der Waals surface area (Å²) in [7, 11) is -4.16. The largest absolute Gasteiger partial charge is 0.586 e. The number of imidazole rings is 1. The molecule has 5 rings (SSSR count). The number of rotatable bonds is 3. The van der Waals surface area contributed by atoms with Gasteiger partial charge in [-0.1, -0.05) is 6.92 Å². The molecular formula is C19H12F5N3O5S. The van der Waals surface area contributed by atoms with E-state index in [0.717, 1.165) is 33.6 Å². The smallest absolute Gasteiger partial charge is 0.395 e. The Labute approximate surface area is 182 Å². The minimum Gasteiger partial charge on any atom is -0.395 e. The molecule has 0 atom stereocenters. The highest BCUT2D eigenvalue weighted by atomic mass is 32.2. The molecule has 0 N–H and O–H groups in total. The van der Waals surface area contributed by atoms with E-state index in [1.807, 2.05) is 0 Å². The van der Waals surface area contributed by atoms with Crippen molar-refractivity contribution in [3.05, 3.63) is 47.2 Å². The molecule has 0 radical (unpaired) electrons. The first-order valence-electron chi connectivity index (χ1n) is 9.37. The molecule has 4 heterocycles. The fourth-order valence-corrected chi connectivity index (χ4v) is 4.86. The maximum atomic E-state index is 13.3. The van der Waals surface area contributed by atoms with Crippen molar-refractivity contribution in [2.24, 2.45) is 0 Å². The first kappa shape index (κ1) is 21.4. The quantitative estimate of drug-likeness (QED) is 0.522. The van der Waals surface area contributed by atoms with Crippen molar-refractivity contribution in [1.29, 1.82) is 0 Å². The number of carbonyl (C=O) groups excluding carboxylic acids is 1. The first-order chi connectivity index (χ1) is 15.3. The summed E-state index contributed by atoms with van der Waals surface area (Å²) in [6, 6.07) is 3.94. The molecule has 14 heteroatoms. The number of fused-ring (bicyclic) bond motifs is 3. The van der Waals surface area contributed by atoms with E-state index in [2.05, 4.69) is 14.5 Å². The number of benzene rings is 1. The zero-order valence-electron chi connectivity index (χ0n) is 16.5. The zero-order chi connectivity index (χ0) is 23.9. The van der Waals surface area contributed by atoms with Gasteiger partial charge in [-0.15, -0.1) is 8.78 Å². The summed E-state index contributed by atoms with van der Waals surface area (Å²) in [6.45, 7) is 1.03. The van der Waals surface area contributed by atoms with E-state index >= 15 is 0 Å². The van der Waals surface area contributed by atoms with Gasteiger partial charge in [0, 0.05) is 11.8 Å². The van der Waals surface area contributed by atoms with Crippen molar-refractivity contribution < 1.29 is 44.6 Å². The van der Waals surface area contributed by atoms with Gasteiger partial charge in [-0.3, -0.25) is 14.1 Å². The van der Waals surface area contributed by atoms with E-state index in [1.165, 1.54) is 6.92 Å². The van der Waals surface area contributed by atoms with Crippen LogP contribution in [0, 0.1) is 0 Å². The second-order valence-corrected chi connectivity index (χ2v) is 9.50. The highest BCUT2D eigenvalue weighted by molar-refractivity contribution is 7.91. The van der Waals surface area contributed by atoms with Gasteiger partial charge in [-0.2, -0.15) is 13.2 Å². The predicted molar refractivity (Wildman–Crippen MR) is 101 cm³/mol. The summed E-state index contributed by atoms with van der Waals surface area (Å²) in [5, 5.41) is -0.584. The SMILES string of the molecule is CCS(=O)(=O)c1c(N2Cc3cc4c(cc3C2=O)OC(F)(F)O4)nc2ccc(C(F)(F)F)cn12. The van der Waals surface area contributed by atoms with Crippen molar-refractivity contribution in [3.8, 4) is 11.5 Å². The lowest BCUT2D eigenvalue weighted by Gasteiger charge is -2.15. The molecule has 8 nitrogen and oxygen atoms in total. The number of halogens is 5. The van der Waals surface area contributed by atoms with Crippen LogP contribution in [-0.2, 0) is 22.6 Å². The minimum absolute atomic E-state index is 0.0528. The van der Waals surface area contributed by atoms with Crippen molar-refractivity contribution >= 4 is 27.2 Å². The van der Waals surface area contributed by atoms with Crippen LogP contribution >= 0.6 is 0 Å². The number of ether oxygens (including phenoxy) is 2. The number of amides is 1. The van der Waals surface area contributed by atoms with E-state index < -0.39 is 44.6 Å². The van der Waals surface area contributed by atoms with Crippen LogP contribution in [0.25, 0.3) is 5.65 Å². The summed E-state index contributed by atoms with van der Waals surface area (Å²) in [6.07, 6.45) is -8.03. The Hall–Kier alpha value is -3.42. The van der Waals surface area contributed by atoms with Crippen LogP contribution in [0.15, 0.2) is 35.5 Å². The molecule has 2 aromatic heterocycles. The van der Waals surface area contributed by atoms with Gasteiger partial charge in [0.25, 0.3) is 5.91 Å². The molecule has 0 saturated heterocycles. The van der Waals surface area contributed by atoms with Gasteiger partial charge in [-0.05, 0) is 29.8 Å². The Bertz CT molecular complexity index is 1450. The van der Waals surface area contributed by atoms with Gasteiger partial charge in [0.15, 0.2) is 32.2 Å². The highest BCUT2D eigenvalue weighted by Crippen LogP contribution is 2.45. The third-order valence-electron chi connectivity index (χ3n) is 5.25. The Kier molecular flexibility index (Phi) is 4.26. The summed E-state index contributed by atoms with van der Waals surface area (Å²) in [4.78, 5) is 18.1. The number of pyridine rings is 1. The normalized spacial score (nSPS) is 17.2. The lowest BCUT2D eigenvalue weighted by molar-refractivity contribution is -0.286. The molecule has 3 aromatic rings. The molecule has 33 heavy (non-hydrogen) atoms. The van der Waals surface area contributed by atoms with Gasteiger partial charge < -0.3 is 9.47 Å². The third kappa shape index (κ3) is 3.27. The Morgan fingerprint density at radius 1 is 1.15 bits per heavy atom. The van der Waals surface area contributed by atoms with Crippen LogP contribution < -0.4 is 14.4 Å². The molecule has 0 unspecified atom stereocenters. The van der Waals surface area contributed by atoms with Crippen molar-refractivity contribution in [2.45, 2.75) is 31.0 Å². The number of aromatic nitrogens is 2. The van der Waals surface area contributed by atoms with Gasteiger partial charge >= 0.3 is 12.5 Å². The molecule has 1 amide bonds. The van der Waals surface area contributed by atoms with Crippen LogP contribution in [0.2, 0.25) is 0 Å². The number of hydrogen-bond donors (Lipinski definition) is 0. The Balaban J connectivity index is 1.66. The van der Waals surface area contributed by atoms with Crippen molar-refractivity contribution in [1.82, 2.24) is 9.38 Å². The van der Waals surface area contributed by atoms with Crippen LogP contribution in [-0.4, -0.2) is 35.8 Å². The molecule has 0 bridgehead atoms. The number of sulfone groups is 1. The zero-order valence-corrected chi connectivity index (χ0v) is 17.3. The number of hydrogen-bond acceptors (Lipinski definition) is 6. The molecule has 0 saturated carbocycles. The van der Waals surface area contributed by atoms with E-state index in [1.54, 1.807) is 0 Å². The van der Waals surface area contributed by atoms with Gasteiger partial charge in [0.05, 0.1) is 17.9 Å². The average molecular weight is 489 g/mol. The lowest BCUT2D eigenvalue weighted by Crippen LogP contribution is -2.26. The van der Waals surface area contributed by atoms with Gasteiger partial charge in [-0.25, -0.2) is 13.4 Å². The fraction of sp³-hybridized carbons (Fsp3) is 0.263. The van der Waals surface area contributed by atoms with Crippen LogP contribution in [0.1, 0.15) is 28.4 Å². The van der Waals surface area contributed by atoms with Gasteiger partial charge in [0.2, 0.25) is 0 Å². The summed E-state index contributed by atoms with van der Waals surface area (Å²) in [5.41, 5.74) is -1.05. The van der Waals surface area contributed by atoms with E-state index in [4.69, 9.17) is 0 Å². The molecule has 0 fully saturated rings. The summed E-state index contributed by atoms with van der Waals surface area (Å²) >= 11 is 0. The number of anilines is 1. The molecule has 2 aliphatic heterocycles. The fourth-order valence-electron chi connectivity index (χ4n) is 3.71. The molecule has 1 aromatic carbocycles. The average Bonchev–Trinajstić information content (AvgIpc) is 3.34. The predicted octanol–water partition coefficient (Wildman–Crippen LogP) is 3.63. The van der Waals surface area contributed by atoms with Gasteiger partial charge in [0.1, 0.15) is 5.65 Å². The molecule has 0 aliphatic carbocycles. The maximum Gasteiger partial charge on any atom is 0.586 e. The Morgan fingerprint density at radius 2 is 1.82 bits per heavy atom. The highest BCUT2D eigenvalue weighted by Gasteiger charge is 2.46. The second-order valence-electron chi connectivity index (χ2n) is 7.30. The minimum atomic E-state index is -4.74. The van der Waals surface area contributed by atoms with E-state index in [-0.39, 0.29) is 40.6 Å². The van der Waals surface area contributed by atoms with Crippen LogP contribution in [0.3, 0.4) is 0 Å².